The third kappa shape index (κ3) is 2.85. The van der Waals surface area contributed by atoms with Crippen molar-refractivity contribution in [3.8, 4) is 0 Å². The number of halogens is 1. The molecule has 7 heteroatoms. The van der Waals surface area contributed by atoms with Gasteiger partial charge in [0.1, 0.15) is 27.8 Å². The van der Waals surface area contributed by atoms with Crippen molar-refractivity contribution < 1.29 is 8.60 Å². The van der Waals surface area contributed by atoms with Gasteiger partial charge in [0.2, 0.25) is 0 Å². The van der Waals surface area contributed by atoms with Gasteiger partial charge < -0.3 is 5.73 Å². The van der Waals surface area contributed by atoms with Gasteiger partial charge in [-0.2, -0.15) is 5.10 Å². The molecule has 3 aromatic rings. The van der Waals surface area contributed by atoms with Gasteiger partial charge >= 0.3 is 0 Å². The van der Waals surface area contributed by atoms with Gasteiger partial charge in [-0.1, -0.05) is 24.3 Å². The Bertz CT molecular complexity index is 1010. The zero-order valence-electron chi connectivity index (χ0n) is 14.0. The smallest absolute Gasteiger partial charge is 0.157 e. The van der Waals surface area contributed by atoms with Crippen LogP contribution in [0.25, 0.3) is 6.08 Å². The lowest BCUT2D eigenvalue weighted by molar-refractivity contribution is 0.626. The summed E-state index contributed by atoms with van der Waals surface area (Å²) in [6, 6.07) is 15.2. The van der Waals surface area contributed by atoms with Crippen LogP contribution in [0.3, 0.4) is 0 Å². The number of aromatic nitrogens is 2. The van der Waals surface area contributed by atoms with Gasteiger partial charge in [-0.15, -0.1) is 0 Å². The number of rotatable bonds is 3. The zero-order valence-corrected chi connectivity index (χ0v) is 14.8. The molecule has 0 bridgehead atoms. The monoisotopic (exact) mass is 368 g/mol. The Balaban J connectivity index is 1.86. The molecule has 0 aliphatic carbocycles. The Morgan fingerprint density at radius 2 is 1.92 bits per heavy atom. The Morgan fingerprint density at radius 1 is 1.19 bits per heavy atom. The van der Waals surface area contributed by atoms with Gasteiger partial charge in [-0.25, -0.2) is 8.60 Å². The fraction of sp³-hybridized carbons (Fsp3) is 0.105. The Morgan fingerprint density at radius 3 is 2.62 bits per heavy atom. The molecule has 0 spiro atoms. The summed E-state index contributed by atoms with van der Waals surface area (Å²) in [6.45, 7) is 1.89. The first-order valence-corrected chi connectivity index (χ1v) is 9.24. The highest BCUT2D eigenvalue weighted by Gasteiger charge is 2.31. The summed E-state index contributed by atoms with van der Waals surface area (Å²) in [4.78, 5) is 2.26. The summed E-state index contributed by atoms with van der Waals surface area (Å²) in [5.41, 5.74) is 9.21. The third-order valence-corrected chi connectivity index (χ3v) is 5.66. The van der Waals surface area contributed by atoms with Gasteiger partial charge in [0.25, 0.3) is 0 Å². The standard InChI is InChI=1S/C19H17FN4OS/c1-12-10-17(23-22-12)24-18(26(25)15-8-6-14(20)7-9-15)11-13-4-2-3-5-16(13)19(24)21/h2-11,19H,21H2,1H3,(H,22,23). The lowest BCUT2D eigenvalue weighted by atomic mass is 10.0. The second kappa shape index (κ2) is 6.51. The molecule has 2 aromatic carbocycles. The van der Waals surface area contributed by atoms with Crippen LogP contribution in [0.1, 0.15) is 23.0 Å². The number of hydrogen-bond acceptors (Lipinski definition) is 4. The Labute approximate surface area is 152 Å². The molecule has 2 unspecified atom stereocenters. The first kappa shape index (κ1) is 16.7. The van der Waals surface area contributed by atoms with E-state index in [-0.39, 0.29) is 5.82 Å². The first-order chi connectivity index (χ1) is 12.5. The molecule has 1 aromatic heterocycles. The van der Waals surface area contributed by atoms with Crippen molar-refractivity contribution in [3.63, 3.8) is 0 Å². The van der Waals surface area contributed by atoms with Crippen molar-refractivity contribution in [2.45, 2.75) is 18.0 Å². The van der Waals surface area contributed by atoms with Gasteiger partial charge in [-0.3, -0.25) is 10.00 Å². The lowest BCUT2D eigenvalue weighted by Gasteiger charge is -2.35. The molecule has 0 amide bonds. The molecular formula is C19H17FN4OS. The number of anilines is 1. The minimum absolute atomic E-state index is 0.370. The second-order valence-electron chi connectivity index (χ2n) is 6.06. The van der Waals surface area contributed by atoms with Gasteiger partial charge in [-0.05, 0) is 48.4 Å². The van der Waals surface area contributed by atoms with Gasteiger partial charge in [0.05, 0.1) is 0 Å². The Kier molecular flexibility index (Phi) is 4.18. The Hall–Kier alpha value is -2.77. The number of aromatic amines is 1. The van der Waals surface area contributed by atoms with Crippen molar-refractivity contribution in [2.75, 3.05) is 4.90 Å². The SMILES string of the molecule is Cc1cc(N2C(S(=O)c3ccc(F)cc3)=Cc3ccccc3C2N)n[nH]1. The summed E-state index contributed by atoms with van der Waals surface area (Å²) in [5, 5.41) is 7.69. The molecule has 0 saturated carbocycles. The van der Waals surface area contributed by atoms with E-state index < -0.39 is 17.0 Å². The predicted octanol–water partition coefficient (Wildman–Crippen LogP) is 3.44. The van der Waals surface area contributed by atoms with E-state index >= 15 is 0 Å². The van der Waals surface area contributed by atoms with Crippen molar-refractivity contribution >= 4 is 22.7 Å². The number of hydrogen-bond donors (Lipinski definition) is 2. The number of nitrogens with one attached hydrogen (secondary N) is 1. The molecule has 132 valence electrons. The number of fused-ring (bicyclic) bond motifs is 1. The molecule has 26 heavy (non-hydrogen) atoms. The van der Waals surface area contributed by atoms with E-state index in [1.807, 2.05) is 43.3 Å². The molecule has 3 N–H and O–H groups in total. The number of H-pyrrole nitrogens is 1. The summed E-state index contributed by atoms with van der Waals surface area (Å²) in [5.74, 6) is 0.219. The predicted molar refractivity (Wildman–Crippen MR) is 100.0 cm³/mol. The molecule has 4 rings (SSSR count). The van der Waals surface area contributed by atoms with E-state index in [0.717, 1.165) is 16.8 Å². The van der Waals surface area contributed by atoms with Crippen LogP contribution in [0.15, 0.2) is 64.5 Å². The number of nitrogens with two attached hydrogens (primary N) is 1. The maximum atomic E-state index is 13.2. The normalized spacial score (nSPS) is 17.6. The molecule has 5 nitrogen and oxygen atoms in total. The summed E-state index contributed by atoms with van der Waals surface area (Å²) >= 11 is 0. The van der Waals surface area contributed by atoms with E-state index in [4.69, 9.17) is 5.73 Å². The van der Waals surface area contributed by atoms with E-state index in [2.05, 4.69) is 10.2 Å². The van der Waals surface area contributed by atoms with E-state index in [1.165, 1.54) is 24.3 Å². The highest BCUT2D eigenvalue weighted by atomic mass is 32.2. The van der Waals surface area contributed by atoms with Crippen molar-refractivity contribution in [3.05, 3.63) is 82.3 Å². The minimum Gasteiger partial charge on any atom is -0.307 e. The van der Waals surface area contributed by atoms with Crippen LogP contribution in [0.2, 0.25) is 0 Å². The average molecular weight is 368 g/mol. The van der Waals surface area contributed by atoms with E-state index in [0.29, 0.717) is 15.7 Å². The number of benzene rings is 2. The number of aryl methyl sites for hydroxylation is 1. The first-order valence-electron chi connectivity index (χ1n) is 8.09. The summed E-state index contributed by atoms with van der Waals surface area (Å²) < 4.78 is 26.5. The highest BCUT2D eigenvalue weighted by Crippen LogP contribution is 2.37. The molecule has 2 atom stereocenters. The maximum Gasteiger partial charge on any atom is 0.157 e. The zero-order chi connectivity index (χ0) is 18.3. The minimum atomic E-state index is -1.54. The molecule has 1 aliphatic heterocycles. The van der Waals surface area contributed by atoms with E-state index in [1.54, 1.807) is 4.90 Å². The fourth-order valence-electron chi connectivity index (χ4n) is 2.99. The van der Waals surface area contributed by atoms with Gasteiger partial charge in [0, 0.05) is 16.7 Å². The highest BCUT2D eigenvalue weighted by molar-refractivity contribution is 7.89. The summed E-state index contributed by atoms with van der Waals surface area (Å²) in [6.07, 6.45) is 1.32. The molecule has 1 aliphatic rings. The summed E-state index contributed by atoms with van der Waals surface area (Å²) in [7, 11) is -1.54. The third-order valence-electron chi connectivity index (χ3n) is 4.27. The molecule has 0 saturated heterocycles. The lowest BCUT2D eigenvalue weighted by Crippen LogP contribution is -2.38. The van der Waals surface area contributed by atoms with E-state index in [9.17, 15) is 8.60 Å². The van der Waals surface area contributed by atoms with Crippen LogP contribution in [-0.2, 0) is 10.8 Å². The molecule has 2 heterocycles. The van der Waals surface area contributed by atoms with Crippen LogP contribution in [0.4, 0.5) is 10.2 Å². The van der Waals surface area contributed by atoms with Crippen LogP contribution in [0.5, 0.6) is 0 Å². The molecule has 0 fully saturated rings. The van der Waals surface area contributed by atoms with Crippen LogP contribution < -0.4 is 10.6 Å². The molecular weight excluding hydrogens is 351 g/mol. The topological polar surface area (TPSA) is 75.0 Å². The average Bonchev–Trinajstić information content (AvgIpc) is 3.07. The van der Waals surface area contributed by atoms with Crippen LogP contribution >= 0.6 is 0 Å². The quantitative estimate of drug-likeness (QED) is 0.743. The van der Waals surface area contributed by atoms with Crippen molar-refractivity contribution in [2.24, 2.45) is 5.73 Å². The fourth-order valence-corrected chi connectivity index (χ4v) is 4.24. The largest absolute Gasteiger partial charge is 0.307 e. The molecule has 0 radical (unpaired) electrons. The number of nitrogens with zero attached hydrogens (tertiary/aromatic N) is 2. The van der Waals surface area contributed by atoms with Crippen molar-refractivity contribution in [1.82, 2.24) is 10.2 Å². The van der Waals surface area contributed by atoms with Crippen LogP contribution in [0, 0.1) is 12.7 Å². The maximum absolute atomic E-state index is 13.2. The van der Waals surface area contributed by atoms with Gasteiger partial charge in [0.15, 0.2) is 5.82 Å². The van der Waals surface area contributed by atoms with Crippen LogP contribution in [-0.4, -0.2) is 14.4 Å². The van der Waals surface area contributed by atoms with Crippen molar-refractivity contribution in [1.29, 1.82) is 0 Å². The second-order valence-corrected chi connectivity index (χ2v) is 7.49.